The van der Waals surface area contributed by atoms with E-state index in [9.17, 15) is 14.4 Å². The molecule has 2 unspecified atom stereocenters. The van der Waals surface area contributed by atoms with E-state index in [0.29, 0.717) is 12.8 Å². The average molecular weight is 837 g/mol. The molecule has 60 heavy (non-hydrogen) atoms. The highest BCUT2D eigenvalue weighted by molar-refractivity contribution is 5.86. The number of carbonyl (C=O) groups is 3. The second-order valence-electron chi connectivity index (χ2n) is 17.5. The Morgan fingerprint density at radius 3 is 1.30 bits per heavy atom. The number of fused-ring (bicyclic) bond motifs is 1. The third-order valence-electron chi connectivity index (χ3n) is 12.0. The average Bonchev–Trinajstić information content (AvgIpc) is 3.26. The van der Waals surface area contributed by atoms with Gasteiger partial charge in [-0.05, 0) is 48.2 Å². The lowest BCUT2D eigenvalue weighted by Gasteiger charge is -2.20. The van der Waals surface area contributed by atoms with Crippen molar-refractivity contribution in [3.8, 4) is 5.75 Å². The summed E-state index contributed by atoms with van der Waals surface area (Å²) in [7, 11) is 1.64. The summed E-state index contributed by atoms with van der Waals surface area (Å²) in [4.78, 5) is 38.8. The summed E-state index contributed by atoms with van der Waals surface area (Å²) in [5.74, 6) is -0.822. The minimum absolute atomic E-state index is 0.123. The highest BCUT2D eigenvalue weighted by atomic mass is 16.6. The van der Waals surface area contributed by atoms with Crippen LogP contribution in [-0.4, -0.2) is 44.3 Å². The highest BCUT2D eigenvalue weighted by Crippen LogP contribution is 2.26. The fraction of sp³-hybridized carbons (Fsp3) is 0.755. The number of hydrogen-bond acceptors (Lipinski definition) is 7. The van der Waals surface area contributed by atoms with Gasteiger partial charge in [-0.25, -0.2) is 0 Å². The molecule has 7 heteroatoms. The Bertz CT molecular complexity index is 1370. The Labute approximate surface area is 367 Å². The van der Waals surface area contributed by atoms with E-state index in [1.54, 1.807) is 7.11 Å². The molecule has 342 valence electrons. The molecule has 0 saturated heterocycles. The lowest BCUT2D eigenvalue weighted by atomic mass is 9.98. The molecule has 0 N–H and O–H groups in total. The molecule has 2 atom stereocenters. The minimum Gasteiger partial charge on any atom is -0.497 e. The Morgan fingerprint density at radius 2 is 0.850 bits per heavy atom. The number of benzene rings is 2. The zero-order valence-electron chi connectivity index (χ0n) is 39.0. The largest absolute Gasteiger partial charge is 0.497 e. The van der Waals surface area contributed by atoms with E-state index in [1.165, 1.54) is 154 Å². The molecule has 0 spiro atoms. The van der Waals surface area contributed by atoms with Gasteiger partial charge in [0.05, 0.1) is 13.0 Å². The summed E-state index contributed by atoms with van der Waals surface area (Å²) in [6.07, 6.45) is 37.7. The molecule has 0 heterocycles. The van der Waals surface area contributed by atoms with Gasteiger partial charge in [-0.2, -0.15) is 0 Å². The Balaban J connectivity index is 1.70. The molecule has 0 aromatic heterocycles. The predicted molar refractivity (Wildman–Crippen MR) is 250 cm³/mol. The van der Waals surface area contributed by atoms with E-state index in [-0.39, 0.29) is 25.2 Å². The van der Waals surface area contributed by atoms with Crippen LogP contribution in [0.1, 0.15) is 238 Å². The number of esters is 3. The van der Waals surface area contributed by atoms with Crippen LogP contribution in [0, 0.1) is 0 Å². The van der Waals surface area contributed by atoms with Gasteiger partial charge in [-0.1, -0.05) is 218 Å². The first kappa shape index (κ1) is 53.0. The molecular weight excluding hydrogens is 749 g/mol. The molecule has 7 nitrogen and oxygen atoms in total. The van der Waals surface area contributed by atoms with Gasteiger partial charge in [0.1, 0.15) is 19.0 Å². The van der Waals surface area contributed by atoms with E-state index in [2.05, 4.69) is 13.8 Å². The van der Waals surface area contributed by atoms with Gasteiger partial charge in [0.25, 0.3) is 0 Å². The quantitative estimate of drug-likeness (QED) is 0.0375. The molecule has 0 saturated carbocycles. The number of methoxy groups -OCH3 is 1. The van der Waals surface area contributed by atoms with Crippen LogP contribution in [0.15, 0.2) is 36.4 Å². The van der Waals surface area contributed by atoms with Crippen molar-refractivity contribution < 1.29 is 33.3 Å². The van der Waals surface area contributed by atoms with E-state index < -0.39 is 18.0 Å². The maximum atomic E-state index is 13.2. The van der Waals surface area contributed by atoms with Crippen molar-refractivity contribution in [2.24, 2.45) is 0 Å². The Kier molecular flexibility index (Phi) is 32.3. The lowest BCUT2D eigenvalue weighted by Crippen LogP contribution is -2.31. The lowest BCUT2D eigenvalue weighted by molar-refractivity contribution is -0.167. The second-order valence-corrected chi connectivity index (χ2v) is 17.5. The van der Waals surface area contributed by atoms with Crippen LogP contribution >= 0.6 is 0 Å². The number of carbonyl (C=O) groups excluding carboxylic acids is 3. The van der Waals surface area contributed by atoms with E-state index in [4.69, 9.17) is 18.9 Å². The molecule has 2 rings (SSSR count). The molecule has 0 radical (unpaired) electrons. The molecular formula is C53H88O7. The Morgan fingerprint density at radius 1 is 0.467 bits per heavy atom. The number of ether oxygens (including phenoxy) is 4. The highest BCUT2D eigenvalue weighted by Gasteiger charge is 2.23. The monoisotopic (exact) mass is 837 g/mol. The van der Waals surface area contributed by atoms with Gasteiger partial charge < -0.3 is 18.9 Å². The van der Waals surface area contributed by atoms with Crippen LogP contribution in [0.5, 0.6) is 5.75 Å². The van der Waals surface area contributed by atoms with E-state index >= 15 is 0 Å². The van der Waals surface area contributed by atoms with Crippen molar-refractivity contribution in [3.05, 3.63) is 42.0 Å². The maximum Gasteiger partial charge on any atom is 0.313 e. The standard InChI is InChI=1S/C53H88O7/c1-5-7-9-11-13-15-17-19-21-23-25-27-29-31-33-35-51(54)58-43-50(44-59-53(56)45(3)46-37-38-48-42-49(57-4)40-39-47(48)41-46)60-52(55)36-34-32-30-28-26-24-22-20-18-16-14-12-10-8-6-2/h37-42,45,50H,5-36,43-44H2,1-4H3. The summed E-state index contributed by atoms with van der Waals surface area (Å²) in [5, 5.41) is 2.02. The van der Waals surface area contributed by atoms with E-state index in [1.807, 2.05) is 43.3 Å². The summed E-state index contributed by atoms with van der Waals surface area (Å²) in [6.45, 7) is 6.06. The minimum atomic E-state index is -0.848. The van der Waals surface area contributed by atoms with Crippen LogP contribution in [0.25, 0.3) is 10.8 Å². The van der Waals surface area contributed by atoms with Crippen LogP contribution in [0.3, 0.4) is 0 Å². The first-order valence-corrected chi connectivity index (χ1v) is 25.0. The van der Waals surface area contributed by atoms with Crippen LogP contribution in [-0.2, 0) is 28.6 Å². The van der Waals surface area contributed by atoms with Crippen molar-refractivity contribution in [2.45, 2.75) is 238 Å². The van der Waals surface area contributed by atoms with Crippen molar-refractivity contribution in [1.82, 2.24) is 0 Å². The SMILES string of the molecule is CCCCCCCCCCCCCCCCCC(=O)OCC(COC(=O)C(C)c1ccc2cc(OC)ccc2c1)OC(=O)CCCCCCCCCCCCCCCCC. The van der Waals surface area contributed by atoms with Crippen LogP contribution < -0.4 is 4.74 Å². The summed E-state index contributed by atoms with van der Waals surface area (Å²) < 4.78 is 22.4. The fourth-order valence-corrected chi connectivity index (χ4v) is 7.98. The third-order valence-corrected chi connectivity index (χ3v) is 12.0. The van der Waals surface area contributed by atoms with Crippen molar-refractivity contribution >= 4 is 28.7 Å². The Hall–Kier alpha value is -3.09. The van der Waals surface area contributed by atoms with Gasteiger partial charge in [-0.3, -0.25) is 14.4 Å². The maximum absolute atomic E-state index is 13.2. The van der Waals surface area contributed by atoms with Gasteiger partial charge in [0, 0.05) is 12.8 Å². The van der Waals surface area contributed by atoms with Gasteiger partial charge in [0.15, 0.2) is 6.10 Å². The number of hydrogen-bond donors (Lipinski definition) is 0. The topological polar surface area (TPSA) is 88.1 Å². The molecule has 2 aromatic carbocycles. The van der Waals surface area contributed by atoms with Crippen molar-refractivity contribution in [3.63, 3.8) is 0 Å². The summed E-state index contributed by atoms with van der Waals surface area (Å²) in [5.41, 5.74) is 0.828. The van der Waals surface area contributed by atoms with Crippen LogP contribution in [0.4, 0.5) is 0 Å². The normalized spacial score (nSPS) is 12.3. The first-order chi connectivity index (χ1) is 29.4. The summed E-state index contributed by atoms with van der Waals surface area (Å²) in [6, 6.07) is 11.7. The van der Waals surface area contributed by atoms with Gasteiger partial charge in [0.2, 0.25) is 0 Å². The third kappa shape index (κ3) is 27.0. The first-order valence-electron chi connectivity index (χ1n) is 25.0. The molecule has 0 bridgehead atoms. The zero-order valence-corrected chi connectivity index (χ0v) is 39.0. The predicted octanol–water partition coefficient (Wildman–Crippen LogP) is 15.5. The number of unbranched alkanes of at least 4 members (excludes halogenated alkanes) is 28. The molecule has 2 aromatic rings. The van der Waals surface area contributed by atoms with Crippen LogP contribution in [0.2, 0.25) is 0 Å². The molecule has 0 fully saturated rings. The molecule has 0 aliphatic heterocycles. The fourth-order valence-electron chi connectivity index (χ4n) is 7.98. The molecule has 0 amide bonds. The van der Waals surface area contributed by atoms with E-state index in [0.717, 1.165) is 60.6 Å². The second kappa shape index (κ2) is 36.6. The molecule has 0 aliphatic carbocycles. The zero-order chi connectivity index (χ0) is 43.3. The van der Waals surface area contributed by atoms with Gasteiger partial charge in [-0.15, -0.1) is 0 Å². The smallest absolute Gasteiger partial charge is 0.313 e. The van der Waals surface area contributed by atoms with Crippen molar-refractivity contribution in [1.29, 1.82) is 0 Å². The summed E-state index contributed by atoms with van der Waals surface area (Å²) >= 11 is 0. The molecule has 0 aliphatic rings. The van der Waals surface area contributed by atoms with Crippen molar-refractivity contribution in [2.75, 3.05) is 20.3 Å². The van der Waals surface area contributed by atoms with Gasteiger partial charge >= 0.3 is 17.9 Å². The number of rotatable bonds is 40.